The zero-order chi connectivity index (χ0) is 20.1. The van der Waals surface area contributed by atoms with E-state index in [1.165, 1.54) is 18.2 Å². The van der Waals surface area contributed by atoms with Crippen molar-refractivity contribution in [2.45, 2.75) is 17.8 Å². The van der Waals surface area contributed by atoms with Crippen molar-refractivity contribution in [1.29, 1.82) is 0 Å². The molecule has 9 heteroatoms. The highest BCUT2D eigenvalue weighted by Crippen LogP contribution is 2.35. The van der Waals surface area contributed by atoms with Crippen molar-refractivity contribution >= 4 is 34.3 Å². The van der Waals surface area contributed by atoms with Gasteiger partial charge in [-0.15, -0.1) is 0 Å². The number of anilines is 1. The number of nitrogens with one attached hydrogen (secondary N) is 1. The lowest BCUT2D eigenvalue weighted by Gasteiger charge is -2.14. The number of thioether (sulfide) groups is 1. The van der Waals surface area contributed by atoms with E-state index in [9.17, 15) is 22.8 Å². The number of benzene rings is 2. The smallest absolute Gasteiger partial charge is 0.418 e. The van der Waals surface area contributed by atoms with E-state index in [-0.39, 0.29) is 18.7 Å². The van der Waals surface area contributed by atoms with Crippen LogP contribution in [0.1, 0.15) is 12.0 Å². The Kier molecular flexibility index (Phi) is 6.03. The van der Waals surface area contributed by atoms with Crippen molar-refractivity contribution in [1.82, 2.24) is 0 Å². The van der Waals surface area contributed by atoms with E-state index in [0.717, 1.165) is 17.8 Å². The second-order valence-electron chi connectivity index (χ2n) is 5.85. The zero-order valence-electron chi connectivity index (χ0n) is 14.4. The normalized spacial score (nSPS) is 16.6. The maximum absolute atomic E-state index is 13.0. The molecule has 0 radical (unpaired) electrons. The van der Waals surface area contributed by atoms with E-state index >= 15 is 0 Å². The molecule has 0 bridgehead atoms. The van der Waals surface area contributed by atoms with Crippen LogP contribution in [-0.4, -0.2) is 28.7 Å². The lowest BCUT2D eigenvalue weighted by Crippen LogP contribution is -2.23. The number of ether oxygens (including phenoxy) is 1. The molecule has 2 aromatic carbocycles. The fourth-order valence-corrected chi connectivity index (χ4v) is 3.49. The number of para-hydroxylation sites is 2. The number of carbonyl (C=O) groups is 2. The summed E-state index contributed by atoms with van der Waals surface area (Å²) in [5.74, 6) is -0.581. The number of halogens is 3. The van der Waals surface area contributed by atoms with E-state index in [2.05, 4.69) is 10.3 Å². The molecule has 0 fully saturated rings. The maximum atomic E-state index is 13.0. The van der Waals surface area contributed by atoms with Gasteiger partial charge in [0, 0.05) is 6.42 Å². The Morgan fingerprint density at radius 3 is 2.50 bits per heavy atom. The highest BCUT2D eigenvalue weighted by atomic mass is 32.2. The van der Waals surface area contributed by atoms with Crippen molar-refractivity contribution in [2.75, 3.05) is 11.9 Å². The largest absolute Gasteiger partial charge is 0.487 e. The van der Waals surface area contributed by atoms with Gasteiger partial charge in [-0.05, 0) is 24.3 Å². The van der Waals surface area contributed by atoms with Gasteiger partial charge in [0.15, 0.2) is 0 Å². The summed E-state index contributed by atoms with van der Waals surface area (Å²) in [6.45, 7) is 0.0788. The monoisotopic (exact) mass is 408 g/mol. The summed E-state index contributed by atoms with van der Waals surface area (Å²) in [6.07, 6.45) is -4.87. The van der Waals surface area contributed by atoms with Gasteiger partial charge in [0.25, 0.3) is 5.91 Å². The van der Waals surface area contributed by atoms with Crippen LogP contribution in [0.25, 0.3) is 0 Å². The zero-order valence-corrected chi connectivity index (χ0v) is 15.2. The molecule has 0 aromatic heterocycles. The second-order valence-corrected chi connectivity index (χ2v) is 7.12. The summed E-state index contributed by atoms with van der Waals surface area (Å²) in [7, 11) is 0. The molecule has 2 amide bonds. The third kappa shape index (κ3) is 5.13. The molecule has 0 spiro atoms. The molecule has 0 aliphatic carbocycles. The molecule has 146 valence electrons. The Hall–Kier alpha value is -2.81. The van der Waals surface area contributed by atoms with Crippen LogP contribution in [0, 0.1) is 0 Å². The molecule has 1 heterocycles. The van der Waals surface area contributed by atoms with Crippen LogP contribution in [-0.2, 0) is 15.8 Å². The molecule has 0 saturated heterocycles. The predicted molar refractivity (Wildman–Crippen MR) is 100 cm³/mol. The third-order valence-electron chi connectivity index (χ3n) is 3.77. The molecule has 0 unspecified atom stereocenters. The van der Waals surface area contributed by atoms with Crippen LogP contribution in [0.15, 0.2) is 59.6 Å². The summed E-state index contributed by atoms with van der Waals surface area (Å²) in [6, 6.07) is 13.6. The molecular formula is C19H15F3N2O3S. The van der Waals surface area contributed by atoms with Crippen molar-refractivity contribution in [2.24, 2.45) is 4.99 Å². The second kappa shape index (κ2) is 8.47. The van der Waals surface area contributed by atoms with E-state index in [4.69, 9.17) is 4.74 Å². The molecule has 0 saturated carbocycles. The minimum absolute atomic E-state index is 0.0788. The molecule has 1 N–H and O–H groups in total. The third-order valence-corrected chi connectivity index (χ3v) is 4.91. The van der Waals surface area contributed by atoms with Gasteiger partial charge in [0.1, 0.15) is 22.7 Å². The summed E-state index contributed by atoms with van der Waals surface area (Å²) in [5, 5.41) is 1.86. The van der Waals surface area contributed by atoms with Crippen LogP contribution in [0.3, 0.4) is 0 Å². The highest BCUT2D eigenvalue weighted by Gasteiger charge is 2.35. The van der Waals surface area contributed by atoms with Gasteiger partial charge in [-0.25, -0.2) is 4.99 Å². The van der Waals surface area contributed by atoms with E-state index in [0.29, 0.717) is 10.8 Å². The first-order valence-corrected chi connectivity index (χ1v) is 9.13. The topological polar surface area (TPSA) is 67.8 Å². The average Bonchev–Trinajstić information content (AvgIpc) is 3.00. The number of amides is 2. The first-order valence-electron chi connectivity index (χ1n) is 8.25. The number of carbonyl (C=O) groups excluding carboxylic acids is 2. The number of rotatable bonds is 6. The van der Waals surface area contributed by atoms with Gasteiger partial charge in [-0.2, -0.15) is 13.2 Å². The summed E-state index contributed by atoms with van der Waals surface area (Å²) in [5.41, 5.74) is -1.29. The molecule has 5 nitrogen and oxygen atoms in total. The van der Waals surface area contributed by atoms with Crippen molar-refractivity contribution < 1.29 is 27.5 Å². The van der Waals surface area contributed by atoms with Crippen LogP contribution in [0.4, 0.5) is 18.9 Å². The molecule has 1 aliphatic heterocycles. The van der Waals surface area contributed by atoms with Gasteiger partial charge in [0.05, 0.1) is 11.3 Å². The minimum atomic E-state index is -4.59. The van der Waals surface area contributed by atoms with Gasteiger partial charge < -0.3 is 10.1 Å². The van der Waals surface area contributed by atoms with Crippen molar-refractivity contribution in [3.05, 3.63) is 60.2 Å². The first-order chi connectivity index (χ1) is 13.3. The standard InChI is InChI=1S/C19H15F3N2O3S/c20-19(21,22)13-8-4-5-9-14(13)23-16(25)10-15-18(26)24-17(28-15)11-27-12-6-2-1-3-7-12/h1-9,15H,10-11H2,(H,23,25)/t15-/m0/s1. The van der Waals surface area contributed by atoms with Crippen LogP contribution in [0.5, 0.6) is 5.75 Å². The molecular weight excluding hydrogens is 393 g/mol. The maximum Gasteiger partial charge on any atom is 0.418 e. The molecule has 28 heavy (non-hydrogen) atoms. The quantitative estimate of drug-likeness (QED) is 0.780. The molecule has 1 aliphatic rings. The van der Waals surface area contributed by atoms with Gasteiger partial charge in [0.2, 0.25) is 5.91 Å². The van der Waals surface area contributed by atoms with E-state index in [1.54, 1.807) is 24.3 Å². The Morgan fingerprint density at radius 1 is 1.11 bits per heavy atom. The number of alkyl halides is 3. The van der Waals surface area contributed by atoms with Crippen molar-refractivity contribution in [3.8, 4) is 5.75 Å². The number of hydrogen-bond donors (Lipinski definition) is 1. The first kappa shape index (κ1) is 19.9. The van der Waals surface area contributed by atoms with Gasteiger partial charge in [-0.1, -0.05) is 42.1 Å². The molecule has 1 atom stereocenters. The Balaban J connectivity index is 1.55. The summed E-state index contributed by atoms with van der Waals surface area (Å²) >= 11 is 1.08. The number of nitrogens with zero attached hydrogens (tertiary/aromatic N) is 1. The average molecular weight is 408 g/mol. The van der Waals surface area contributed by atoms with E-state index < -0.39 is 28.8 Å². The molecule has 3 rings (SSSR count). The molecule has 2 aromatic rings. The van der Waals surface area contributed by atoms with Crippen LogP contribution in [0.2, 0.25) is 0 Å². The summed E-state index contributed by atoms with van der Waals surface area (Å²) in [4.78, 5) is 28.0. The van der Waals surface area contributed by atoms with Crippen molar-refractivity contribution in [3.63, 3.8) is 0 Å². The van der Waals surface area contributed by atoms with Crippen LogP contribution >= 0.6 is 11.8 Å². The van der Waals surface area contributed by atoms with Gasteiger partial charge in [-0.3, -0.25) is 9.59 Å². The fraction of sp³-hybridized carbons (Fsp3) is 0.211. The lowest BCUT2D eigenvalue weighted by molar-refractivity contribution is -0.137. The fourth-order valence-electron chi connectivity index (χ4n) is 2.50. The predicted octanol–water partition coefficient (Wildman–Crippen LogP) is 4.15. The van der Waals surface area contributed by atoms with Gasteiger partial charge >= 0.3 is 6.18 Å². The van der Waals surface area contributed by atoms with Crippen LogP contribution < -0.4 is 10.1 Å². The SMILES string of the molecule is O=C(C[C@@H]1SC(COc2ccccc2)=NC1=O)Nc1ccccc1C(F)(F)F. The lowest BCUT2D eigenvalue weighted by atomic mass is 10.1. The van der Waals surface area contributed by atoms with E-state index in [1.807, 2.05) is 6.07 Å². The Labute approximate surface area is 163 Å². The Bertz CT molecular complexity index is 901. The summed E-state index contributed by atoms with van der Waals surface area (Å²) < 4.78 is 44.5. The number of hydrogen-bond acceptors (Lipinski definition) is 4. The highest BCUT2D eigenvalue weighted by molar-refractivity contribution is 8.15. The number of aliphatic imine (C=N–C) groups is 1. The minimum Gasteiger partial charge on any atom is -0.487 e. The Morgan fingerprint density at radius 2 is 1.79 bits per heavy atom.